The highest BCUT2D eigenvalue weighted by molar-refractivity contribution is 8.00. The van der Waals surface area contributed by atoms with Gasteiger partial charge in [0.25, 0.3) is 0 Å². The van der Waals surface area contributed by atoms with Gasteiger partial charge in [0, 0.05) is 5.56 Å². The first-order valence-corrected chi connectivity index (χ1v) is 9.59. The van der Waals surface area contributed by atoms with Crippen LogP contribution in [0.25, 0.3) is 15.5 Å². The molecule has 116 valence electrons. The average Bonchev–Trinajstić information content (AvgIpc) is 3.22. The smallest absolute Gasteiger partial charge is 0.186 e. The van der Waals surface area contributed by atoms with Crippen molar-refractivity contribution in [3.8, 4) is 10.6 Å². The number of rotatable bonds is 4. The summed E-state index contributed by atoms with van der Waals surface area (Å²) in [5.74, 6) is 1.43. The number of thioether (sulfide) groups is 1. The number of aryl methyl sites for hydroxylation is 1. The van der Waals surface area contributed by atoms with Crippen molar-refractivity contribution < 1.29 is 0 Å². The van der Waals surface area contributed by atoms with Gasteiger partial charge in [-0.3, -0.25) is 0 Å². The third-order valence-corrected chi connectivity index (χ3v) is 6.22. The minimum Gasteiger partial charge on any atom is -0.186 e. The van der Waals surface area contributed by atoms with Crippen LogP contribution < -0.4 is 0 Å². The van der Waals surface area contributed by atoms with Crippen molar-refractivity contribution in [2.75, 3.05) is 0 Å². The van der Waals surface area contributed by atoms with Gasteiger partial charge in [-0.1, -0.05) is 64.2 Å². The van der Waals surface area contributed by atoms with Crippen LogP contribution in [0.2, 0.25) is 5.02 Å². The number of fused-ring (bicyclic) bond motifs is 1. The van der Waals surface area contributed by atoms with E-state index in [1.165, 1.54) is 11.3 Å². The quantitative estimate of drug-likeness (QED) is 0.499. The lowest BCUT2D eigenvalue weighted by atomic mass is 10.2. The van der Waals surface area contributed by atoms with Crippen molar-refractivity contribution in [3.63, 3.8) is 0 Å². The molecule has 0 bridgehead atoms. The topological polar surface area (TPSA) is 68.9 Å². The summed E-state index contributed by atoms with van der Waals surface area (Å²) in [6, 6.07) is 7.65. The zero-order chi connectivity index (χ0) is 15.8. The maximum absolute atomic E-state index is 6.24. The van der Waals surface area contributed by atoms with Crippen LogP contribution >= 0.6 is 46.0 Å². The molecule has 1 aromatic carbocycles. The maximum atomic E-state index is 6.24. The van der Waals surface area contributed by atoms with Gasteiger partial charge in [0.15, 0.2) is 10.2 Å². The molecule has 0 aliphatic carbocycles. The largest absolute Gasteiger partial charge is 0.235 e. The summed E-state index contributed by atoms with van der Waals surface area (Å²) in [5.41, 5.74) is 0.906. The van der Waals surface area contributed by atoms with E-state index in [0.717, 1.165) is 30.7 Å². The highest BCUT2D eigenvalue weighted by Crippen LogP contribution is 2.32. The van der Waals surface area contributed by atoms with Crippen molar-refractivity contribution in [2.45, 2.75) is 17.0 Å². The van der Waals surface area contributed by atoms with Crippen LogP contribution in [0.15, 0.2) is 28.6 Å². The number of nitrogens with zero attached hydrogens (tertiary/aromatic N) is 6. The number of hydrogen-bond donors (Lipinski definition) is 0. The molecule has 0 unspecified atom stereocenters. The van der Waals surface area contributed by atoms with Crippen LogP contribution in [0.1, 0.15) is 10.8 Å². The van der Waals surface area contributed by atoms with Crippen LogP contribution in [0.4, 0.5) is 0 Å². The Kier molecular flexibility index (Phi) is 4.02. The Morgan fingerprint density at radius 2 is 2.00 bits per heavy atom. The second-order valence-electron chi connectivity index (χ2n) is 4.57. The Balaban J connectivity index is 1.63. The third-order valence-electron chi connectivity index (χ3n) is 2.99. The van der Waals surface area contributed by atoms with E-state index in [4.69, 9.17) is 11.6 Å². The predicted octanol–water partition coefficient (Wildman–Crippen LogP) is 3.96. The first-order valence-electron chi connectivity index (χ1n) is 6.59. The second-order valence-corrected chi connectivity index (χ2v) is 8.34. The van der Waals surface area contributed by atoms with Crippen molar-refractivity contribution in [1.82, 2.24) is 30.0 Å². The van der Waals surface area contributed by atoms with E-state index in [0.29, 0.717) is 10.8 Å². The lowest BCUT2D eigenvalue weighted by Crippen LogP contribution is -1.94. The third kappa shape index (κ3) is 2.97. The first-order chi connectivity index (χ1) is 11.2. The monoisotopic (exact) mass is 380 g/mol. The molecule has 0 atom stereocenters. The van der Waals surface area contributed by atoms with Gasteiger partial charge in [0.1, 0.15) is 10.0 Å². The normalized spacial score (nSPS) is 11.4. The molecular weight excluding hydrogens is 372 g/mol. The molecule has 0 radical (unpaired) electrons. The predicted molar refractivity (Wildman–Crippen MR) is 93.3 cm³/mol. The summed E-state index contributed by atoms with van der Waals surface area (Å²) in [6.45, 7) is 1.94. The SMILES string of the molecule is Cc1nnc(SCc2nnc3sc(-c4ccccc4Cl)nn23)s1. The summed E-state index contributed by atoms with van der Waals surface area (Å²) < 4.78 is 2.69. The van der Waals surface area contributed by atoms with Crippen molar-refractivity contribution >= 4 is 51.0 Å². The molecule has 4 aromatic rings. The van der Waals surface area contributed by atoms with E-state index in [9.17, 15) is 0 Å². The van der Waals surface area contributed by atoms with E-state index >= 15 is 0 Å². The minimum absolute atomic E-state index is 0.640. The molecule has 3 heterocycles. The molecule has 0 aliphatic rings. The lowest BCUT2D eigenvalue weighted by Gasteiger charge is -1.98. The van der Waals surface area contributed by atoms with Gasteiger partial charge in [-0.25, -0.2) is 0 Å². The Hall–Kier alpha value is -1.55. The maximum Gasteiger partial charge on any atom is 0.235 e. The summed E-state index contributed by atoms with van der Waals surface area (Å²) >= 11 is 10.9. The van der Waals surface area contributed by atoms with Gasteiger partial charge >= 0.3 is 0 Å². The zero-order valence-electron chi connectivity index (χ0n) is 11.8. The summed E-state index contributed by atoms with van der Waals surface area (Å²) in [5, 5.41) is 23.6. The molecule has 10 heteroatoms. The number of benzene rings is 1. The van der Waals surface area contributed by atoms with Crippen LogP contribution in [-0.4, -0.2) is 30.0 Å². The first kappa shape index (κ1) is 15.0. The standard InChI is InChI=1S/C13H9ClN6S3/c1-7-15-18-13(22-7)21-6-10-16-17-12-20(10)19-11(23-12)8-4-2-3-5-9(8)14/h2-5H,6H2,1H3. The van der Waals surface area contributed by atoms with E-state index in [2.05, 4.69) is 25.5 Å². The van der Waals surface area contributed by atoms with Gasteiger partial charge < -0.3 is 0 Å². The van der Waals surface area contributed by atoms with Crippen LogP contribution in [-0.2, 0) is 5.75 Å². The molecule has 0 fully saturated rings. The Morgan fingerprint density at radius 1 is 1.13 bits per heavy atom. The van der Waals surface area contributed by atoms with Gasteiger partial charge in [0.05, 0.1) is 10.8 Å². The van der Waals surface area contributed by atoms with E-state index in [1.807, 2.05) is 31.2 Å². The minimum atomic E-state index is 0.640. The van der Waals surface area contributed by atoms with Crippen molar-refractivity contribution in [2.24, 2.45) is 0 Å². The molecule has 0 aliphatic heterocycles. The lowest BCUT2D eigenvalue weighted by molar-refractivity contribution is 0.886. The van der Waals surface area contributed by atoms with Crippen molar-refractivity contribution in [1.29, 1.82) is 0 Å². The van der Waals surface area contributed by atoms with Crippen molar-refractivity contribution in [3.05, 3.63) is 40.1 Å². The molecule has 0 amide bonds. The van der Waals surface area contributed by atoms with Crippen LogP contribution in [0.3, 0.4) is 0 Å². The zero-order valence-corrected chi connectivity index (χ0v) is 15.0. The van der Waals surface area contributed by atoms with E-state index in [-0.39, 0.29) is 0 Å². The Labute approximate surface area is 148 Å². The molecule has 0 saturated carbocycles. The molecule has 0 spiro atoms. The van der Waals surface area contributed by atoms with Crippen LogP contribution in [0, 0.1) is 6.92 Å². The number of hydrogen-bond acceptors (Lipinski definition) is 8. The highest BCUT2D eigenvalue weighted by atomic mass is 35.5. The Bertz CT molecular complexity index is 975. The number of halogens is 1. The second kappa shape index (κ2) is 6.16. The molecule has 23 heavy (non-hydrogen) atoms. The van der Waals surface area contributed by atoms with Gasteiger partial charge in [0.2, 0.25) is 4.96 Å². The fraction of sp³-hybridized carbons (Fsp3) is 0.154. The molecule has 3 aromatic heterocycles. The summed E-state index contributed by atoms with van der Waals surface area (Å²) in [4.78, 5) is 0.754. The highest BCUT2D eigenvalue weighted by Gasteiger charge is 2.15. The van der Waals surface area contributed by atoms with Gasteiger partial charge in [-0.05, 0) is 13.0 Å². The van der Waals surface area contributed by atoms with Crippen LogP contribution in [0.5, 0.6) is 0 Å². The molecular formula is C13H9ClN6S3. The van der Waals surface area contributed by atoms with Gasteiger partial charge in [-0.15, -0.1) is 20.4 Å². The molecule has 0 saturated heterocycles. The number of aromatic nitrogens is 6. The molecule has 6 nitrogen and oxygen atoms in total. The summed E-state index contributed by atoms with van der Waals surface area (Å²) in [7, 11) is 0. The van der Waals surface area contributed by atoms with Gasteiger partial charge in [-0.2, -0.15) is 9.61 Å². The van der Waals surface area contributed by atoms with E-state index < -0.39 is 0 Å². The van der Waals surface area contributed by atoms with E-state index in [1.54, 1.807) is 27.6 Å². The summed E-state index contributed by atoms with van der Waals surface area (Å²) in [6.07, 6.45) is 0. The Morgan fingerprint density at radius 3 is 2.78 bits per heavy atom. The molecule has 0 N–H and O–H groups in total. The average molecular weight is 381 g/mol. The fourth-order valence-corrected chi connectivity index (χ4v) is 4.85. The fourth-order valence-electron chi connectivity index (χ4n) is 1.95. The molecule has 4 rings (SSSR count).